The van der Waals surface area contributed by atoms with Crippen LogP contribution in [0, 0.1) is 24.2 Å². The average Bonchev–Trinajstić information content (AvgIpc) is 2.24. The molecule has 1 aromatic carbocycles. The molecule has 0 bridgehead atoms. The Morgan fingerprint density at radius 3 is 2.61 bits per heavy atom. The molecule has 1 N–H and O–H groups in total. The molecule has 0 heterocycles. The summed E-state index contributed by atoms with van der Waals surface area (Å²) in [6.07, 6.45) is -4.54. The van der Waals surface area contributed by atoms with E-state index in [1.807, 2.05) is 0 Å². The average molecular weight is 342 g/mol. The Hall–Kier alpha value is -0.930. The Labute approximate surface area is 116 Å². The zero-order chi connectivity index (χ0) is 13.9. The Morgan fingerprint density at radius 2 is 2.11 bits per heavy atom. The molecule has 0 spiro atoms. The second kappa shape index (κ2) is 5.81. The van der Waals surface area contributed by atoms with Crippen molar-refractivity contribution in [3.05, 3.63) is 27.2 Å². The van der Waals surface area contributed by atoms with E-state index in [0.29, 0.717) is 15.2 Å². The van der Waals surface area contributed by atoms with E-state index in [4.69, 9.17) is 16.9 Å². The third-order valence-corrected chi connectivity index (χ3v) is 3.36. The molecule has 0 radical (unpaired) electrons. The van der Waals surface area contributed by atoms with Gasteiger partial charge in [0.1, 0.15) is 0 Å². The maximum Gasteiger partial charge on any atom is 0.406 e. The summed E-state index contributed by atoms with van der Waals surface area (Å²) in [6.45, 7) is 1.27. The van der Waals surface area contributed by atoms with Crippen molar-refractivity contribution < 1.29 is 13.2 Å². The number of halogens is 5. The van der Waals surface area contributed by atoms with Crippen LogP contribution in [-0.4, -0.2) is 12.7 Å². The maximum absolute atomic E-state index is 12.4. The number of anilines is 1. The van der Waals surface area contributed by atoms with E-state index in [9.17, 15) is 13.2 Å². The van der Waals surface area contributed by atoms with Gasteiger partial charge in [-0.25, -0.2) is 0 Å². The van der Waals surface area contributed by atoms with Gasteiger partial charge in [-0.15, -0.1) is 0 Å². The molecule has 98 valence electrons. The lowest BCUT2D eigenvalue weighted by atomic mass is 10.1. The standard InChI is InChI=1S/C11H9BrClF3N2/c1-6-2-8(12)10(3-9(6)13)18-5-7(4-17)11(14,15)16/h2-3,7,18H,5H2,1H3. The summed E-state index contributed by atoms with van der Waals surface area (Å²) < 4.78 is 37.7. The van der Waals surface area contributed by atoms with Crippen LogP contribution in [0.25, 0.3) is 0 Å². The first-order chi connectivity index (χ1) is 8.25. The molecule has 0 saturated heterocycles. The van der Waals surface area contributed by atoms with Crippen LogP contribution in [0.3, 0.4) is 0 Å². The second-order valence-corrected chi connectivity index (χ2v) is 4.95. The largest absolute Gasteiger partial charge is 0.406 e. The Kier molecular flexibility index (Phi) is 4.88. The monoisotopic (exact) mass is 340 g/mol. The van der Waals surface area contributed by atoms with Crippen molar-refractivity contribution in [2.24, 2.45) is 5.92 Å². The maximum atomic E-state index is 12.4. The van der Waals surface area contributed by atoms with E-state index < -0.39 is 18.6 Å². The van der Waals surface area contributed by atoms with Gasteiger partial charge in [0.05, 0.1) is 6.07 Å². The van der Waals surface area contributed by atoms with Crippen molar-refractivity contribution >= 4 is 33.2 Å². The van der Waals surface area contributed by atoms with Crippen molar-refractivity contribution in [2.75, 3.05) is 11.9 Å². The third kappa shape index (κ3) is 3.79. The minimum Gasteiger partial charge on any atom is -0.382 e. The van der Waals surface area contributed by atoms with E-state index in [2.05, 4.69) is 21.2 Å². The molecule has 1 rings (SSSR count). The second-order valence-electron chi connectivity index (χ2n) is 3.69. The first kappa shape index (κ1) is 15.1. The number of nitrogens with one attached hydrogen (secondary N) is 1. The van der Waals surface area contributed by atoms with Gasteiger partial charge in [-0.3, -0.25) is 0 Å². The van der Waals surface area contributed by atoms with Gasteiger partial charge in [0.25, 0.3) is 0 Å². The van der Waals surface area contributed by atoms with Gasteiger partial charge in [-0.1, -0.05) is 11.6 Å². The summed E-state index contributed by atoms with van der Waals surface area (Å²) in [5.74, 6) is -2.05. The number of hydrogen-bond donors (Lipinski definition) is 1. The number of nitrogens with zero attached hydrogens (tertiary/aromatic N) is 1. The highest BCUT2D eigenvalue weighted by molar-refractivity contribution is 9.10. The molecule has 0 amide bonds. The lowest BCUT2D eigenvalue weighted by molar-refractivity contribution is -0.155. The lowest BCUT2D eigenvalue weighted by Gasteiger charge is -2.16. The highest BCUT2D eigenvalue weighted by atomic mass is 79.9. The van der Waals surface area contributed by atoms with Crippen LogP contribution < -0.4 is 5.32 Å². The fourth-order valence-corrected chi connectivity index (χ4v) is 1.99. The van der Waals surface area contributed by atoms with Crippen molar-refractivity contribution in [3.63, 3.8) is 0 Å². The minimum absolute atomic E-state index is 0.426. The summed E-state index contributed by atoms with van der Waals surface area (Å²) in [5.41, 5.74) is 1.23. The lowest BCUT2D eigenvalue weighted by Crippen LogP contribution is -2.28. The van der Waals surface area contributed by atoms with E-state index >= 15 is 0 Å². The van der Waals surface area contributed by atoms with E-state index in [1.54, 1.807) is 13.0 Å². The molecule has 0 aromatic heterocycles. The molecule has 18 heavy (non-hydrogen) atoms. The minimum atomic E-state index is -4.54. The molecule has 1 aromatic rings. The van der Waals surface area contributed by atoms with E-state index in [1.165, 1.54) is 12.1 Å². The summed E-state index contributed by atoms with van der Waals surface area (Å²) >= 11 is 9.10. The van der Waals surface area contributed by atoms with Crippen LogP contribution >= 0.6 is 27.5 Å². The molecule has 1 unspecified atom stereocenters. The van der Waals surface area contributed by atoms with Crippen molar-refractivity contribution in [1.82, 2.24) is 0 Å². The van der Waals surface area contributed by atoms with Crippen LogP contribution in [0.2, 0.25) is 5.02 Å². The molecule has 2 nitrogen and oxygen atoms in total. The van der Waals surface area contributed by atoms with Crippen molar-refractivity contribution in [3.8, 4) is 6.07 Å². The van der Waals surface area contributed by atoms with Crippen LogP contribution in [0.5, 0.6) is 0 Å². The molecule has 0 aliphatic rings. The quantitative estimate of drug-likeness (QED) is 0.877. The van der Waals surface area contributed by atoms with E-state index in [0.717, 1.165) is 5.56 Å². The number of benzene rings is 1. The highest BCUT2D eigenvalue weighted by Crippen LogP contribution is 2.31. The molecule has 0 aliphatic heterocycles. The molecule has 0 aliphatic carbocycles. The van der Waals surface area contributed by atoms with Gasteiger partial charge in [0.2, 0.25) is 0 Å². The van der Waals surface area contributed by atoms with Gasteiger partial charge < -0.3 is 5.32 Å². The van der Waals surface area contributed by atoms with Crippen LogP contribution in [0.1, 0.15) is 5.56 Å². The highest BCUT2D eigenvalue weighted by Gasteiger charge is 2.39. The number of aryl methyl sites for hydroxylation is 1. The Morgan fingerprint density at radius 1 is 1.50 bits per heavy atom. The van der Waals surface area contributed by atoms with Crippen LogP contribution in [-0.2, 0) is 0 Å². The van der Waals surface area contributed by atoms with Gasteiger partial charge in [-0.05, 0) is 40.5 Å². The number of nitriles is 1. The van der Waals surface area contributed by atoms with Gasteiger partial charge in [-0.2, -0.15) is 18.4 Å². The normalized spacial score (nSPS) is 12.9. The Balaban J connectivity index is 2.81. The summed E-state index contributed by atoms with van der Waals surface area (Å²) in [4.78, 5) is 0. The zero-order valence-corrected chi connectivity index (χ0v) is 11.6. The van der Waals surface area contributed by atoms with Crippen molar-refractivity contribution in [1.29, 1.82) is 5.26 Å². The van der Waals surface area contributed by atoms with E-state index in [-0.39, 0.29) is 0 Å². The number of rotatable bonds is 3. The predicted molar refractivity (Wildman–Crippen MR) is 67.5 cm³/mol. The molecule has 7 heteroatoms. The zero-order valence-electron chi connectivity index (χ0n) is 9.28. The Bertz CT molecular complexity index is 482. The molecule has 1 atom stereocenters. The molecular formula is C11H9BrClF3N2. The summed E-state index contributed by atoms with van der Waals surface area (Å²) in [6, 6.07) is 4.44. The molecule has 0 fully saturated rings. The predicted octanol–water partition coefficient (Wildman–Crippen LogP) is 4.52. The number of hydrogen-bond acceptors (Lipinski definition) is 2. The van der Waals surface area contributed by atoms with Gasteiger partial charge in [0.15, 0.2) is 5.92 Å². The molecular weight excluding hydrogens is 332 g/mol. The smallest absolute Gasteiger partial charge is 0.382 e. The fraction of sp³-hybridized carbons (Fsp3) is 0.364. The first-order valence-electron chi connectivity index (χ1n) is 4.91. The first-order valence-corrected chi connectivity index (χ1v) is 6.08. The molecule has 0 saturated carbocycles. The summed E-state index contributed by atoms with van der Waals surface area (Å²) in [7, 11) is 0. The summed E-state index contributed by atoms with van der Waals surface area (Å²) in [5, 5.41) is 11.5. The van der Waals surface area contributed by atoms with Crippen molar-refractivity contribution in [2.45, 2.75) is 13.1 Å². The fourth-order valence-electron chi connectivity index (χ4n) is 1.23. The number of alkyl halides is 3. The SMILES string of the molecule is Cc1cc(Br)c(NCC(C#N)C(F)(F)F)cc1Cl. The van der Waals surface area contributed by atoms with Crippen LogP contribution in [0.4, 0.5) is 18.9 Å². The third-order valence-electron chi connectivity index (χ3n) is 2.30. The van der Waals surface area contributed by atoms with Crippen LogP contribution in [0.15, 0.2) is 16.6 Å². The topological polar surface area (TPSA) is 35.8 Å². The van der Waals surface area contributed by atoms with Gasteiger partial charge >= 0.3 is 6.18 Å². The van der Waals surface area contributed by atoms with Gasteiger partial charge in [0, 0.05) is 21.7 Å².